The Morgan fingerprint density at radius 1 is 0.854 bits per heavy atom. The molecule has 0 radical (unpaired) electrons. The Kier molecular flexibility index (Phi) is 10.5. The molecule has 254 valence electrons. The van der Waals surface area contributed by atoms with Crippen molar-refractivity contribution in [2.45, 2.75) is 40.0 Å². The highest BCUT2D eigenvalue weighted by Crippen LogP contribution is 2.34. The Morgan fingerprint density at radius 3 is 2.08 bits per heavy atom. The van der Waals surface area contributed by atoms with Gasteiger partial charge in [-0.3, -0.25) is 9.80 Å². The molecule has 1 aromatic heterocycles. The lowest BCUT2D eigenvalue weighted by Crippen LogP contribution is -2.34. The summed E-state index contributed by atoms with van der Waals surface area (Å²) in [5.41, 5.74) is 8.49. The minimum Gasteiger partial charge on any atom is -0.497 e. The number of aromatic nitrogens is 3. The smallest absolute Gasteiger partial charge is 0.361 e. The molecule has 1 amide bonds. The maximum Gasteiger partial charge on any atom is 0.361 e. The van der Waals surface area contributed by atoms with Gasteiger partial charge in [0.1, 0.15) is 45.8 Å². The lowest BCUT2D eigenvalue weighted by atomic mass is 9.86. The number of anilines is 2. The van der Waals surface area contributed by atoms with Crippen molar-refractivity contribution < 1.29 is 33.3 Å². The Balaban J connectivity index is 1.63. The molecule has 48 heavy (non-hydrogen) atoms. The highest BCUT2D eigenvalue weighted by Gasteiger charge is 2.24. The van der Waals surface area contributed by atoms with Gasteiger partial charge in [0, 0.05) is 23.9 Å². The number of hydrogen-bond acceptors (Lipinski definition) is 12. The molecule has 0 aliphatic rings. The van der Waals surface area contributed by atoms with E-state index in [2.05, 4.69) is 15.6 Å². The number of benzene rings is 3. The fourth-order valence-corrected chi connectivity index (χ4v) is 4.69. The van der Waals surface area contributed by atoms with Gasteiger partial charge < -0.3 is 34.7 Å². The molecule has 14 heteroatoms. The van der Waals surface area contributed by atoms with E-state index in [0.29, 0.717) is 45.8 Å². The number of carbonyl (C=O) groups is 2. The third-order valence-electron chi connectivity index (χ3n) is 7.58. The Bertz CT molecular complexity index is 1860. The zero-order chi connectivity index (χ0) is 35.3. The molecule has 4 aromatic rings. The van der Waals surface area contributed by atoms with Crippen LogP contribution in [0.2, 0.25) is 0 Å². The Hall–Kier alpha value is -5.76. The van der Waals surface area contributed by atoms with Crippen LogP contribution >= 0.6 is 0 Å². The third kappa shape index (κ3) is 7.44. The summed E-state index contributed by atoms with van der Waals surface area (Å²) >= 11 is 0. The number of esters is 1. The van der Waals surface area contributed by atoms with Crippen LogP contribution < -0.4 is 45.6 Å². The quantitative estimate of drug-likeness (QED) is 0.0669. The average Bonchev–Trinajstić information content (AvgIpc) is 3.46. The molecular weight excluding hydrogens is 618 g/mol. The highest BCUT2D eigenvalue weighted by molar-refractivity contribution is 6.04. The van der Waals surface area contributed by atoms with Gasteiger partial charge in [-0.25, -0.2) is 15.3 Å². The van der Waals surface area contributed by atoms with Gasteiger partial charge in [0.05, 0.1) is 39.8 Å². The van der Waals surface area contributed by atoms with Crippen LogP contribution in [-0.2, 0) is 10.2 Å². The number of nitrogens with zero attached hydrogens (tertiary/aromatic N) is 4. The van der Waals surface area contributed by atoms with Crippen LogP contribution in [0.5, 0.6) is 28.7 Å². The summed E-state index contributed by atoms with van der Waals surface area (Å²) in [6.07, 6.45) is 0. The van der Waals surface area contributed by atoms with Crippen LogP contribution in [0.25, 0.3) is 5.69 Å². The molecule has 0 unspecified atom stereocenters. The van der Waals surface area contributed by atoms with Gasteiger partial charge in [0.15, 0.2) is 5.69 Å². The van der Waals surface area contributed by atoms with Gasteiger partial charge in [0.25, 0.3) is 5.91 Å². The number of rotatable bonds is 11. The number of nitrogens with two attached hydrogens (primary N) is 2. The summed E-state index contributed by atoms with van der Waals surface area (Å²) in [6, 6.07) is 15.3. The summed E-state index contributed by atoms with van der Waals surface area (Å²) in [6.45, 7) is 9.25. The highest BCUT2D eigenvalue weighted by atomic mass is 16.5. The van der Waals surface area contributed by atoms with E-state index in [-0.39, 0.29) is 28.3 Å². The monoisotopic (exact) mass is 659 g/mol. The Morgan fingerprint density at radius 2 is 1.48 bits per heavy atom. The largest absolute Gasteiger partial charge is 0.497 e. The van der Waals surface area contributed by atoms with E-state index in [1.165, 1.54) is 37.1 Å². The molecule has 0 bridgehead atoms. The normalized spacial score (nSPS) is 11.7. The van der Waals surface area contributed by atoms with Crippen molar-refractivity contribution in [1.29, 1.82) is 0 Å². The second kappa shape index (κ2) is 14.3. The number of carbonyl (C=O) groups excluding carboxylic acids is 2. The number of allylic oxidation sites excluding steroid dienone is 1. The summed E-state index contributed by atoms with van der Waals surface area (Å²) in [4.78, 5) is 26.8. The number of methoxy groups -OCH3 is 4. The summed E-state index contributed by atoms with van der Waals surface area (Å²) in [5, 5.41) is 12.4. The maximum absolute atomic E-state index is 13.5. The fraction of sp³-hybridized carbons (Fsp3) is 0.294. The summed E-state index contributed by atoms with van der Waals surface area (Å²) < 4.78 is 28.7. The number of nitrogens with one attached hydrogen (secondary N) is 1. The van der Waals surface area contributed by atoms with Crippen molar-refractivity contribution in [3.63, 3.8) is 0 Å². The molecule has 1 heterocycles. The zero-order valence-corrected chi connectivity index (χ0v) is 28.5. The van der Waals surface area contributed by atoms with E-state index < -0.39 is 11.9 Å². The van der Waals surface area contributed by atoms with E-state index in [1.807, 2.05) is 20.8 Å². The van der Waals surface area contributed by atoms with Crippen molar-refractivity contribution in [1.82, 2.24) is 15.0 Å². The van der Waals surface area contributed by atoms with Gasteiger partial charge in [-0.05, 0) is 61.2 Å². The topological polar surface area (TPSA) is 178 Å². The van der Waals surface area contributed by atoms with Crippen molar-refractivity contribution in [3.8, 4) is 34.4 Å². The van der Waals surface area contributed by atoms with Crippen LogP contribution in [0, 0.1) is 6.92 Å². The van der Waals surface area contributed by atoms with Crippen molar-refractivity contribution in [2.24, 2.45) is 11.6 Å². The molecule has 0 saturated heterocycles. The second-order valence-corrected chi connectivity index (χ2v) is 11.7. The predicted octanol–water partition coefficient (Wildman–Crippen LogP) is 4.64. The van der Waals surface area contributed by atoms with Crippen LogP contribution in [0.3, 0.4) is 0 Å². The van der Waals surface area contributed by atoms with Gasteiger partial charge in [0.2, 0.25) is 0 Å². The van der Waals surface area contributed by atoms with E-state index in [1.54, 1.807) is 69.5 Å². The minimum absolute atomic E-state index is 0.0818. The van der Waals surface area contributed by atoms with Gasteiger partial charge in [-0.2, -0.15) is 0 Å². The molecule has 0 aliphatic carbocycles. The third-order valence-corrected chi connectivity index (χ3v) is 7.58. The molecule has 4 rings (SSSR count). The number of hydrazine groups is 1. The maximum atomic E-state index is 13.5. The molecular formula is C34H41N7O7. The van der Waals surface area contributed by atoms with Crippen LogP contribution in [0.1, 0.15) is 49.4 Å². The zero-order valence-electron chi connectivity index (χ0n) is 28.5. The first-order chi connectivity index (χ1) is 22.7. The fourth-order valence-electron chi connectivity index (χ4n) is 4.69. The first-order valence-corrected chi connectivity index (χ1v) is 14.8. The van der Waals surface area contributed by atoms with Crippen molar-refractivity contribution in [3.05, 3.63) is 82.9 Å². The van der Waals surface area contributed by atoms with Crippen molar-refractivity contribution in [2.75, 3.05) is 38.8 Å². The predicted molar refractivity (Wildman–Crippen MR) is 181 cm³/mol. The second-order valence-electron chi connectivity index (χ2n) is 11.7. The van der Waals surface area contributed by atoms with Crippen LogP contribution in [-0.4, -0.2) is 55.3 Å². The molecule has 5 N–H and O–H groups in total. The molecule has 0 aliphatic heterocycles. The van der Waals surface area contributed by atoms with E-state index in [9.17, 15) is 9.59 Å². The number of hydrogen-bond donors (Lipinski definition) is 3. The Labute approximate surface area is 279 Å². The van der Waals surface area contributed by atoms with E-state index in [4.69, 9.17) is 35.3 Å². The van der Waals surface area contributed by atoms with Crippen LogP contribution in [0.15, 0.2) is 66.0 Å². The minimum atomic E-state index is -0.848. The van der Waals surface area contributed by atoms with Gasteiger partial charge in [-0.1, -0.05) is 26.0 Å². The van der Waals surface area contributed by atoms with E-state index >= 15 is 0 Å². The van der Waals surface area contributed by atoms with Crippen LogP contribution in [0.4, 0.5) is 11.4 Å². The van der Waals surface area contributed by atoms with Gasteiger partial charge in [-0.15, -0.1) is 5.10 Å². The average molecular weight is 660 g/mol. The first kappa shape index (κ1) is 35.1. The molecule has 0 saturated carbocycles. The molecule has 3 aromatic carbocycles. The molecule has 0 atom stereocenters. The standard InChI is InChI=1S/C34H41N7O7/c1-19(40(36)26-17-23(44-6)10-12-28(26)46-8)30(35)33(43)48-25-15-21(34(3,4)5)14-22(16-25)37-32(42)31-20(2)41(39-38-31)27-18-24(45-7)11-13-29(27)47-9/h10-18H,35-36H2,1-9H3,(H,37,42)/b30-19-. The SMILES string of the molecule is COc1ccc(OC)c(N(N)/C(C)=C(\N)C(=O)Oc2cc(NC(=O)c3nnn(-c4cc(OC)ccc4OC)c3C)cc(C(C)(C)C)c2)c1. The molecule has 0 fully saturated rings. The van der Waals surface area contributed by atoms with Gasteiger partial charge >= 0.3 is 5.97 Å². The molecule has 14 nitrogen and oxygen atoms in total. The number of ether oxygens (including phenoxy) is 5. The first-order valence-electron chi connectivity index (χ1n) is 14.8. The summed E-state index contributed by atoms with van der Waals surface area (Å²) in [7, 11) is 6.10. The molecule has 0 spiro atoms. The lowest BCUT2D eigenvalue weighted by Gasteiger charge is -2.24. The van der Waals surface area contributed by atoms with E-state index in [0.717, 1.165) is 5.56 Å². The lowest BCUT2D eigenvalue weighted by molar-refractivity contribution is -0.130. The summed E-state index contributed by atoms with van der Waals surface area (Å²) in [5.74, 6) is 7.20. The number of amides is 1. The van der Waals surface area contributed by atoms with Crippen molar-refractivity contribution >= 4 is 23.3 Å².